The fourth-order valence-electron chi connectivity index (χ4n) is 2.63. The second-order valence-electron chi connectivity index (χ2n) is 4.93. The van der Waals surface area contributed by atoms with Crippen molar-refractivity contribution in [2.45, 2.75) is 19.4 Å². The molecule has 1 atom stereocenters. The highest BCUT2D eigenvalue weighted by Crippen LogP contribution is 2.36. The monoisotopic (exact) mass is 269 g/mol. The molecular weight excluding hydrogens is 250 g/mol. The van der Waals surface area contributed by atoms with Gasteiger partial charge in [-0.3, -0.25) is 0 Å². The minimum atomic E-state index is 0.327. The Morgan fingerprint density at radius 1 is 1.10 bits per heavy atom. The van der Waals surface area contributed by atoms with Gasteiger partial charge < -0.3 is 14.8 Å². The molecule has 1 aliphatic rings. The van der Waals surface area contributed by atoms with Gasteiger partial charge in [-0.15, -0.1) is 0 Å². The van der Waals surface area contributed by atoms with Gasteiger partial charge in [0, 0.05) is 5.69 Å². The number of benzene rings is 2. The third-order valence-corrected chi connectivity index (χ3v) is 3.66. The molecule has 2 aromatic rings. The molecule has 0 saturated heterocycles. The Labute approximate surface area is 119 Å². The molecule has 3 nitrogen and oxygen atoms in total. The van der Waals surface area contributed by atoms with Gasteiger partial charge in [-0.25, -0.2) is 0 Å². The van der Waals surface area contributed by atoms with Crippen LogP contribution in [-0.4, -0.2) is 13.7 Å². The van der Waals surface area contributed by atoms with Crippen LogP contribution in [0.1, 0.15) is 24.1 Å². The molecule has 0 amide bonds. The maximum Gasteiger partial charge on any atom is 0.119 e. The van der Waals surface area contributed by atoms with Crippen LogP contribution in [0.15, 0.2) is 42.5 Å². The number of ether oxygens (including phenoxy) is 2. The highest BCUT2D eigenvalue weighted by atomic mass is 16.5. The number of methoxy groups -OCH3 is 1. The minimum Gasteiger partial charge on any atom is -0.497 e. The second kappa shape index (κ2) is 5.45. The molecular formula is C17H19NO2. The van der Waals surface area contributed by atoms with Crippen LogP contribution >= 0.6 is 0 Å². The topological polar surface area (TPSA) is 30.5 Å². The molecule has 1 unspecified atom stereocenters. The lowest BCUT2D eigenvalue weighted by Crippen LogP contribution is -2.05. The summed E-state index contributed by atoms with van der Waals surface area (Å²) in [5.41, 5.74) is 3.80. The normalized spacial score (nSPS) is 16.4. The van der Waals surface area contributed by atoms with Crippen molar-refractivity contribution in [1.29, 1.82) is 0 Å². The third-order valence-electron chi connectivity index (χ3n) is 3.66. The summed E-state index contributed by atoms with van der Waals surface area (Å²) in [5, 5.41) is 3.56. The lowest BCUT2D eigenvalue weighted by atomic mass is 10.0. The van der Waals surface area contributed by atoms with Crippen LogP contribution in [0.25, 0.3) is 0 Å². The lowest BCUT2D eigenvalue weighted by molar-refractivity contribution is 0.340. The van der Waals surface area contributed by atoms with E-state index in [1.807, 2.05) is 25.1 Å². The van der Waals surface area contributed by atoms with Gasteiger partial charge in [0.1, 0.15) is 11.5 Å². The molecule has 2 aromatic carbocycles. The molecule has 3 heteroatoms. The lowest BCUT2D eigenvalue weighted by Gasteiger charge is -2.12. The van der Waals surface area contributed by atoms with E-state index in [9.17, 15) is 0 Å². The van der Waals surface area contributed by atoms with E-state index >= 15 is 0 Å². The minimum absolute atomic E-state index is 0.327. The molecule has 104 valence electrons. The molecule has 0 radical (unpaired) electrons. The summed E-state index contributed by atoms with van der Waals surface area (Å²) in [6.45, 7) is 2.71. The van der Waals surface area contributed by atoms with Crippen LogP contribution in [0.5, 0.6) is 11.5 Å². The molecule has 0 spiro atoms. The predicted molar refractivity (Wildman–Crippen MR) is 80.7 cm³/mol. The van der Waals surface area contributed by atoms with E-state index in [-0.39, 0.29) is 0 Å². The molecule has 0 bridgehead atoms. The van der Waals surface area contributed by atoms with E-state index < -0.39 is 0 Å². The van der Waals surface area contributed by atoms with Crippen molar-refractivity contribution < 1.29 is 9.47 Å². The molecule has 20 heavy (non-hydrogen) atoms. The number of anilines is 1. The highest BCUT2D eigenvalue weighted by Gasteiger charge is 2.22. The molecule has 1 heterocycles. The molecule has 1 N–H and O–H groups in total. The number of hydrogen-bond donors (Lipinski definition) is 1. The summed E-state index contributed by atoms with van der Waals surface area (Å²) in [4.78, 5) is 0. The fourth-order valence-corrected chi connectivity index (χ4v) is 2.63. The molecule has 0 aliphatic carbocycles. The van der Waals surface area contributed by atoms with Gasteiger partial charge in [0.25, 0.3) is 0 Å². The Kier molecular flexibility index (Phi) is 3.50. The molecule has 0 saturated carbocycles. The fraction of sp³-hybridized carbons (Fsp3) is 0.294. The first-order valence-electron chi connectivity index (χ1n) is 6.96. The zero-order chi connectivity index (χ0) is 13.9. The molecule has 0 fully saturated rings. The van der Waals surface area contributed by atoms with Gasteiger partial charge >= 0.3 is 0 Å². The van der Waals surface area contributed by atoms with Crippen LogP contribution < -0.4 is 14.8 Å². The standard InChI is InChI=1S/C17H19NO2/c1-3-20-15-8-9-16-13(10-15)11-17(18-16)12-4-6-14(19-2)7-5-12/h4-10,17-18H,3,11H2,1-2H3. The van der Waals surface area contributed by atoms with Crippen LogP contribution in [0.3, 0.4) is 0 Å². The number of nitrogens with one attached hydrogen (secondary N) is 1. The van der Waals surface area contributed by atoms with Crippen molar-refractivity contribution in [2.24, 2.45) is 0 Å². The Balaban J connectivity index is 1.78. The predicted octanol–water partition coefficient (Wildman–Crippen LogP) is 3.80. The van der Waals surface area contributed by atoms with Crippen LogP contribution in [0, 0.1) is 0 Å². The van der Waals surface area contributed by atoms with Gasteiger partial charge in [0.15, 0.2) is 0 Å². The number of hydrogen-bond acceptors (Lipinski definition) is 3. The second-order valence-corrected chi connectivity index (χ2v) is 4.93. The van der Waals surface area contributed by atoms with Crippen molar-refractivity contribution in [3.05, 3.63) is 53.6 Å². The quantitative estimate of drug-likeness (QED) is 0.915. The average Bonchev–Trinajstić information content (AvgIpc) is 2.91. The van der Waals surface area contributed by atoms with Crippen molar-refractivity contribution in [3.8, 4) is 11.5 Å². The van der Waals surface area contributed by atoms with Crippen molar-refractivity contribution in [1.82, 2.24) is 0 Å². The molecule has 3 rings (SSSR count). The van der Waals surface area contributed by atoms with Gasteiger partial charge in [0.05, 0.1) is 19.8 Å². The summed E-state index contributed by atoms with van der Waals surface area (Å²) in [6, 6.07) is 14.8. The Morgan fingerprint density at radius 3 is 2.55 bits per heavy atom. The van der Waals surface area contributed by atoms with Crippen LogP contribution in [0.4, 0.5) is 5.69 Å². The largest absolute Gasteiger partial charge is 0.497 e. The summed E-state index contributed by atoms with van der Waals surface area (Å²) in [6.07, 6.45) is 0.989. The Bertz CT molecular complexity index is 592. The van der Waals surface area contributed by atoms with Crippen molar-refractivity contribution in [3.63, 3.8) is 0 Å². The first-order valence-corrected chi connectivity index (χ1v) is 6.96. The SMILES string of the molecule is CCOc1ccc2c(c1)CC(c1ccc(OC)cc1)N2. The molecule has 0 aromatic heterocycles. The Morgan fingerprint density at radius 2 is 1.85 bits per heavy atom. The first-order chi connectivity index (χ1) is 9.80. The van der Waals surface area contributed by atoms with Crippen LogP contribution in [-0.2, 0) is 6.42 Å². The zero-order valence-corrected chi connectivity index (χ0v) is 11.8. The van der Waals surface area contributed by atoms with E-state index in [2.05, 4.69) is 29.6 Å². The first kappa shape index (κ1) is 12.9. The summed E-state index contributed by atoms with van der Waals surface area (Å²) in [7, 11) is 1.69. The smallest absolute Gasteiger partial charge is 0.119 e. The van der Waals surface area contributed by atoms with E-state index in [4.69, 9.17) is 9.47 Å². The van der Waals surface area contributed by atoms with E-state index in [1.165, 1.54) is 16.8 Å². The molecule has 1 aliphatic heterocycles. The summed E-state index contributed by atoms with van der Waals surface area (Å²) >= 11 is 0. The van der Waals surface area contributed by atoms with Gasteiger partial charge in [0.2, 0.25) is 0 Å². The van der Waals surface area contributed by atoms with Crippen molar-refractivity contribution in [2.75, 3.05) is 19.0 Å². The number of fused-ring (bicyclic) bond motifs is 1. The van der Waals surface area contributed by atoms with Gasteiger partial charge in [-0.1, -0.05) is 12.1 Å². The maximum atomic E-state index is 5.56. The maximum absolute atomic E-state index is 5.56. The van der Waals surface area contributed by atoms with E-state index in [0.717, 1.165) is 17.9 Å². The van der Waals surface area contributed by atoms with Gasteiger partial charge in [-0.05, 0) is 54.8 Å². The van der Waals surface area contributed by atoms with Crippen LogP contribution in [0.2, 0.25) is 0 Å². The van der Waals surface area contributed by atoms with E-state index in [0.29, 0.717) is 12.6 Å². The van der Waals surface area contributed by atoms with Crippen molar-refractivity contribution >= 4 is 5.69 Å². The summed E-state index contributed by atoms with van der Waals surface area (Å²) < 4.78 is 10.8. The van der Waals surface area contributed by atoms with Gasteiger partial charge in [-0.2, -0.15) is 0 Å². The average molecular weight is 269 g/mol. The Hall–Kier alpha value is -2.16. The number of rotatable bonds is 4. The third kappa shape index (κ3) is 2.44. The zero-order valence-electron chi connectivity index (χ0n) is 11.8. The van der Waals surface area contributed by atoms with E-state index in [1.54, 1.807) is 7.11 Å². The highest BCUT2D eigenvalue weighted by molar-refractivity contribution is 5.60. The summed E-state index contributed by atoms with van der Waals surface area (Å²) in [5.74, 6) is 1.84.